The second kappa shape index (κ2) is 4.44. The molecular formula is C14H11F2N3. The van der Waals surface area contributed by atoms with Crippen molar-refractivity contribution in [2.45, 2.75) is 6.54 Å². The Bertz CT molecular complexity index is 750. The quantitative estimate of drug-likeness (QED) is 0.743. The van der Waals surface area contributed by atoms with E-state index in [9.17, 15) is 8.78 Å². The van der Waals surface area contributed by atoms with Crippen molar-refractivity contribution in [3.63, 3.8) is 0 Å². The minimum atomic E-state index is -0.622. The molecule has 5 heteroatoms. The predicted octanol–water partition coefficient (Wildman–Crippen LogP) is 2.97. The lowest BCUT2D eigenvalue weighted by Gasteiger charge is -2.09. The Balaban J connectivity index is 2.30. The minimum absolute atomic E-state index is 0.0991. The third-order valence-electron chi connectivity index (χ3n) is 3.14. The first kappa shape index (κ1) is 11.8. The summed E-state index contributed by atoms with van der Waals surface area (Å²) in [6.07, 6.45) is 3.31. The second-order valence-corrected chi connectivity index (χ2v) is 4.19. The van der Waals surface area contributed by atoms with Gasteiger partial charge in [-0.1, -0.05) is 0 Å². The Morgan fingerprint density at radius 2 is 1.95 bits per heavy atom. The highest BCUT2D eigenvalue weighted by molar-refractivity contribution is 5.93. The average Bonchev–Trinajstić information content (AvgIpc) is 2.88. The zero-order chi connectivity index (χ0) is 13.4. The number of nitrogens with two attached hydrogens (primary N) is 1. The molecular weight excluding hydrogens is 248 g/mol. The molecule has 0 aliphatic carbocycles. The van der Waals surface area contributed by atoms with E-state index in [4.69, 9.17) is 5.73 Å². The molecule has 0 fully saturated rings. The van der Waals surface area contributed by atoms with Gasteiger partial charge in [0.25, 0.3) is 0 Å². The predicted molar refractivity (Wildman–Crippen MR) is 69.3 cm³/mol. The van der Waals surface area contributed by atoms with Crippen LogP contribution in [0, 0.1) is 11.6 Å². The third-order valence-corrected chi connectivity index (χ3v) is 3.14. The number of rotatable bonds is 2. The fraction of sp³-hybridized carbons (Fsp3) is 0.0714. The third kappa shape index (κ3) is 1.79. The Kier molecular flexibility index (Phi) is 2.76. The van der Waals surface area contributed by atoms with Crippen LogP contribution in [0.4, 0.5) is 8.78 Å². The lowest BCUT2D eigenvalue weighted by atomic mass is 10.00. The Hall–Kier alpha value is -2.27. The maximum absolute atomic E-state index is 14.3. The van der Waals surface area contributed by atoms with Crippen molar-refractivity contribution in [2.24, 2.45) is 5.73 Å². The molecule has 0 bridgehead atoms. The van der Waals surface area contributed by atoms with Gasteiger partial charge >= 0.3 is 0 Å². The van der Waals surface area contributed by atoms with Crippen molar-refractivity contribution in [3.05, 3.63) is 53.9 Å². The van der Waals surface area contributed by atoms with Gasteiger partial charge in [0.1, 0.15) is 17.3 Å². The van der Waals surface area contributed by atoms with Gasteiger partial charge in [0.15, 0.2) is 0 Å². The zero-order valence-corrected chi connectivity index (χ0v) is 9.95. The van der Waals surface area contributed by atoms with Gasteiger partial charge in [0, 0.05) is 35.5 Å². The second-order valence-electron chi connectivity index (χ2n) is 4.19. The topological polar surface area (TPSA) is 54.7 Å². The molecule has 3 aromatic rings. The maximum Gasteiger partial charge on any atom is 0.138 e. The number of nitrogens with one attached hydrogen (secondary N) is 1. The monoisotopic (exact) mass is 259 g/mol. The largest absolute Gasteiger partial charge is 0.346 e. The number of halogens is 2. The van der Waals surface area contributed by atoms with Gasteiger partial charge in [-0.25, -0.2) is 13.8 Å². The fourth-order valence-electron chi connectivity index (χ4n) is 2.19. The van der Waals surface area contributed by atoms with Crippen LogP contribution in [0.1, 0.15) is 5.56 Å². The molecule has 2 aromatic heterocycles. The van der Waals surface area contributed by atoms with E-state index in [2.05, 4.69) is 9.97 Å². The van der Waals surface area contributed by atoms with Crippen molar-refractivity contribution in [3.8, 4) is 11.1 Å². The highest BCUT2D eigenvalue weighted by Gasteiger charge is 2.15. The van der Waals surface area contributed by atoms with E-state index in [0.29, 0.717) is 16.8 Å². The fourth-order valence-corrected chi connectivity index (χ4v) is 2.19. The molecule has 0 saturated heterocycles. The van der Waals surface area contributed by atoms with Crippen LogP contribution in [-0.4, -0.2) is 9.97 Å². The van der Waals surface area contributed by atoms with Crippen LogP contribution in [0.5, 0.6) is 0 Å². The number of aromatic nitrogens is 2. The van der Waals surface area contributed by atoms with E-state index in [0.717, 1.165) is 5.39 Å². The molecule has 3 nitrogen and oxygen atoms in total. The van der Waals surface area contributed by atoms with Crippen molar-refractivity contribution in [2.75, 3.05) is 0 Å². The molecule has 0 aliphatic heterocycles. The molecule has 1 aromatic carbocycles. The molecule has 0 aliphatic rings. The first-order chi connectivity index (χ1) is 9.22. The SMILES string of the molecule is NCc1c(F)ccc(-c2ccnc3[nH]ccc23)c1F. The van der Waals surface area contributed by atoms with Crippen molar-refractivity contribution in [1.82, 2.24) is 9.97 Å². The summed E-state index contributed by atoms with van der Waals surface area (Å²) in [5.41, 5.74) is 6.95. The van der Waals surface area contributed by atoms with E-state index in [-0.39, 0.29) is 12.1 Å². The molecule has 0 amide bonds. The van der Waals surface area contributed by atoms with Crippen LogP contribution in [-0.2, 0) is 6.54 Å². The Labute approximate surface area is 108 Å². The molecule has 0 unspecified atom stereocenters. The number of hydrogen-bond donors (Lipinski definition) is 2. The van der Waals surface area contributed by atoms with E-state index in [1.807, 2.05) is 6.07 Å². The van der Waals surface area contributed by atoms with E-state index in [1.54, 1.807) is 18.5 Å². The van der Waals surface area contributed by atoms with Crippen LogP contribution in [0.25, 0.3) is 22.2 Å². The summed E-state index contributed by atoms with van der Waals surface area (Å²) in [6, 6.07) is 6.17. The summed E-state index contributed by atoms with van der Waals surface area (Å²) >= 11 is 0. The van der Waals surface area contributed by atoms with Gasteiger partial charge in [-0.05, 0) is 29.8 Å². The van der Waals surface area contributed by atoms with Gasteiger partial charge in [-0.15, -0.1) is 0 Å². The first-order valence-corrected chi connectivity index (χ1v) is 5.81. The summed E-state index contributed by atoms with van der Waals surface area (Å²) in [7, 11) is 0. The lowest BCUT2D eigenvalue weighted by molar-refractivity contribution is 0.559. The van der Waals surface area contributed by atoms with Gasteiger partial charge in [-0.3, -0.25) is 0 Å². The Morgan fingerprint density at radius 1 is 1.11 bits per heavy atom. The smallest absolute Gasteiger partial charge is 0.138 e. The summed E-state index contributed by atoms with van der Waals surface area (Å²) in [4.78, 5) is 7.10. The van der Waals surface area contributed by atoms with E-state index in [1.165, 1.54) is 12.1 Å². The van der Waals surface area contributed by atoms with Crippen LogP contribution in [0.3, 0.4) is 0 Å². The number of fused-ring (bicyclic) bond motifs is 1. The van der Waals surface area contributed by atoms with Crippen LogP contribution in [0.2, 0.25) is 0 Å². The normalized spacial score (nSPS) is 11.1. The van der Waals surface area contributed by atoms with Gasteiger partial charge in [-0.2, -0.15) is 0 Å². The summed E-state index contributed by atoms with van der Waals surface area (Å²) in [6.45, 7) is -0.174. The van der Waals surface area contributed by atoms with Crippen molar-refractivity contribution >= 4 is 11.0 Å². The van der Waals surface area contributed by atoms with E-state index < -0.39 is 11.6 Å². The number of benzene rings is 1. The number of nitrogens with zero attached hydrogens (tertiary/aromatic N) is 1. The molecule has 0 saturated carbocycles. The maximum atomic E-state index is 14.3. The van der Waals surface area contributed by atoms with Crippen molar-refractivity contribution in [1.29, 1.82) is 0 Å². The standard InChI is InChI=1S/C14H11F2N3/c15-12-2-1-9(13(16)11(12)7-17)8-3-5-18-14-10(8)4-6-19-14/h1-6H,7,17H2,(H,18,19). The van der Waals surface area contributed by atoms with Crippen LogP contribution < -0.4 is 5.73 Å². The molecule has 2 heterocycles. The minimum Gasteiger partial charge on any atom is -0.346 e. The van der Waals surface area contributed by atoms with Crippen molar-refractivity contribution < 1.29 is 8.78 Å². The highest BCUT2D eigenvalue weighted by Crippen LogP contribution is 2.31. The molecule has 0 spiro atoms. The van der Waals surface area contributed by atoms with Gasteiger partial charge < -0.3 is 10.7 Å². The molecule has 96 valence electrons. The number of aromatic amines is 1. The zero-order valence-electron chi connectivity index (χ0n) is 9.95. The van der Waals surface area contributed by atoms with Crippen LogP contribution in [0.15, 0.2) is 36.7 Å². The number of hydrogen-bond acceptors (Lipinski definition) is 2. The summed E-state index contributed by atoms with van der Waals surface area (Å²) in [5, 5.41) is 0.788. The lowest BCUT2D eigenvalue weighted by Crippen LogP contribution is -2.04. The number of H-pyrrole nitrogens is 1. The molecule has 0 atom stereocenters. The average molecular weight is 259 g/mol. The first-order valence-electron chi connectivity index (χ1n) is 5.81. The molecule has 3 N–H and O–H groups in total. The summed E-state index contributed by atoms with van der Waals surface area (Å²) in [5.74, 6) is -1.24. The molecule has 3 rings (SSSR count). The highest BCUT2D eigenvalue weighted by atomic mass is 19.1. The van der Waals surface area contributed by atoms with Gasteiger partial charge in [0.2, 0.25) is 0 Å². The number of pyridine rings is 1. The van der Waals surface area contributed by atoms with Gasteiger partial charge in [0.05, 0.1) is 0 Å². The van der Waals surface area contributed by atoms with Crippen LogP contribution >= 0.6 is 0 Å². The molecule has 0 radical (unpaired) electrons. The summed E-state index contributed by atoms with van der Waals surface area (Å²) < 4.78 is 27.8. The Morgan fingerprint density at radius 3 is 2.74 bits per heavy atom. The van der Waals surface area contributed by atoms with E-state index >= 15 is 0 Å². The molecule has 19 heavy (non-hydrogen) atoms.